The fraction of sp³-hybridized carbons (Fsp3) is 0.857. The van der Waals surface area contributed by atoms with Crippen LogP contribution in [-0.4, -0.2) is 26.5 Å². The first-order valence-corrected chi connectivity index (χ1v) is 5.53. The number of carbonyl (C=O) groups is 1. The van der Waals surface area contributed by atoms with Crippen LogP contribution < -0.4 is 0 Å². The zero-order valence-corrected chi connectivity index (χ0v) is 9.00. The van der Waals surface area contributed by atoms with Crippen LogP contribution in [0.25, 0.3) is 0 Å². The third-order valence-electron chi connectivity index (χ3n) is 1.40. The summed E-state index contributed by atoms with van der Waals surface area (Å²) in [5.41, 5.74) is -0.953. The Morgan fingerprint density at radius 2 is 2.00 bits per heavy atom. The molecule has 0 aliphatic rings. The number of ether oxygens (including phenoxy) is 1. The van der Waals surface area contributed by atoms with Gasteiger partial charge in [-0.15, -0.1) is 0 Å². The highest BCUT2D eigenvalue weighted by atomic mass is 31.2. The van der Waals surface area contributed by atoms with Gasteiger partial charge in [-0.3, -0.25) is 0 Å². The summed E-state index contributed by atoms with van der Waals surface area (Å²) in [4.78, 5) is 10.9. The molecule has 0 aliphatic carbocycles. The second-order valence-electron chi connectivity index (χ2n) is 2.34. The van der Waals surface area contributed by atoms with E-state index in [0.717, 1.165) is 27.1 Å². The van der Waals surface area contributed by atoms with E-state index in [0.29, 0.717) is 0 Å². The van der Waals surface area contributed by atoms with Crippen molar-refractivity contribution in [2.24, 2.45) is 0 Å². The van der Waals surface area contributed by atoms with E-state index in [1.807, 2.05) is 6.92 Å². The SMILES string of the molecule is CCCCOP(=O)(OC)C(=O)OC. The molecule has 13 heavy (non-hydrogen) atoms. The average molecular weight is 210 g/mol. The number of rotatable bonds is 6. The van der Waals surface area contributed by atoms with E-state index in [2.05, 4.69) is 9.26 Å². The minimum atomic E-state index is -3.68. The van der Waals surface area contributed by atoms with Crippen LogP contribution in [0.3, 0.4) is 0 Å². The van der Waals surface area contributed by atoms with Gasteiger partial charge in [0.15, 0.2) is 0 Å². The fourth-order valence-corrected chi connectivity index (χ4v) is 1.57. The van der Waals surface area contributed by atoms with E-state index in [-0.39, 0.29) is 6.61 Å². The predicted octanol–water partition coefficient (Wildman–Crippen LogP) is 2.41. The van der Waals surface area contributed by atoms with Gasteiger partial charge in [0.1, 0.15) is 0 Å². The van der Waals surface area contributed by atoms with E-state index in [1.165, 1.54) is 0 Å². The van der Waals surface area contributed by atoms with Gasteiger partial charge in [-0.1, -0.05) is 13.3 Å². The maximum Gasteiger partial charge on any atom is 0.438 e. The van der Waals surface area contributed by atoms with Crippen molar-refractivity contribution in [2.45, 2.75) is 19.8 Å². The molecule has 0 aromatic heterocycles. The van der Waals surface area contributed by atoms with Crippen LogP contribution in [0.15, 0.2) is 0 Å². The summed E-state index contributed by atoms with van der Waals surface area (Å²) >= 11 is 0. The Morgan fingerprint density at radius 1 is 1.38 bits per heavy atom. The summed E-state index contributed by atoms with van der Waals surface area (Å²) in [5.74, 6) is 0. The van der Waals surface area contributed by atoms with Gasteiger partial charge in [0.25, 0.3) is 0 Å². The maximum atomic E-state index is 11.5. The molecule has 0 bridgehead atoms. The van der Waals surface area contributed by atoms with Crippen molar-refractivity contribution in [3.05, 3.63) is 0 Å². The molecule has 0 amide bonds. The molecule has 1 unspecified atom stereocenters. The van der Waals surface area contributed by atoms with Crippen LogP contribution in [0.4, 0.5) is 4.79 Å². The molecule has 0 spiro atoms. The van der Waals surface area contributed by atoms with Crippen molar-refractivity contribution < 1.29 is 23.1 Å². The summed E-state index contributed by atoms with van der Waals surface area (Å²) in [6.45, 7) is 2.19. The van der Waals surface area contributed by atoms with Crippen LogP contribution in [0.5, 0.6) is 0 Å². The number of carbonyl (C=O) groups excluding carboxylic acids is 1. The molecular weight excluding hydrogens is 195 g/mol. The molecule has 0 aromatic rings. The quantitative estimate of drug-likeness (QED) is 0.497. The molecule has 0 radical (unpaired) electrons. The molecule has 0 heterocycles. The molecule has 5 nitrogen and oxygen atoms in total. The lowest BCUT2D eigenvalue weighted by atomic mass is 10.4. The summed E-state index contributed by atoms with van der Waals surface area (Å²) in [6.07, 6.45) is 1.62. The standard InChI is InChI=1S/C7H15O5P/c1-4-5-6-12-13(9,11-3)7(8)10-2/h4-6H2,1-3H3. The lowest BCUT2D eigenvalue weighted by Gasteiger charge is -2.12. The Morgan fingerprint density at radius 3 is 2.38 bits per heavy atom. The van der Waals surface area contributed by atoms with Crippen molar-refractivity contribution in [3.8, 4) is 0 Å². The lowest BCUT2D eigenvalue weighted by Crippen LogP contribution is -2.06. The Balaban J connectivity index is 4.12. The van der Waals surface area contributed by atoms with Crippen LogP contribution in [0.2, 0.25) is 0 Å². The number of hydrogen-bond donors (Lipinski definition) is 0. The highest BCUT2D eigenvalue weighted by Gasteiger charge is 2.34. The van der Waals surface area contributed by atoms with Crippen molar-refractivity contribution in [1.29, 1.82) is 0 Å². The number of hydrogen-bond acceptors (Lipinski definition) is 5. The topological polar surface area (TPSA) is 61.8 Å². The molecule has 0 saturated heterocycles. The first-order chi connectivity index (χ1) is 6.10. The van der Waals surface area contributed by atoms with E-state index < -0.39 is 13.3 Å². The van der Waals surface area contributed by atoms with E-state index >= 15 is 0 Å². The minimum absolute atomic E-state index is 0.233. The summed E-state index contributed by atoms with van der Waals surface area (Å²) < 4.78 is 25.1. The first-order valence-electron chi connectivity index (χ1n) is 3.99. The monoisotopic (exact) mass is 210 g/mol. The highest BCUT2D eigenvalue weighted by Crippen LogP contribution is 2.49. The van der Waals surface area contributed by atoms with Gasteiger partial charge < -0.3 is 13.8 Å². The lowest BCUT2D eigenvalue weighted by molar-refractivity contribution is 0.170. The first kappa shape index (κ1) is 12.6. The van der Waals surface area contributed by atoms with Crippen molar-refractivity contribution in [2.75, 3.05) is 20.8 Å². The Kier molecular flexibility index (Phi) is 5.95. The summed E-state index contributed by atoms with van der Waals surface area (Å²) in [5, 5.41) is 0. The molecule has 0 aliphatic heterocycles. The molecule has 0 rings (SSSR count). The Hall–Kier alpha value is -0.380. The van der Waals surface area contributed by atoms with Gasteiger partial charge in [0, 0.05) is 7.11 Å². The molecule has 1 atom stereocenters. The smallest absolute Gasteiger partial charge is 0.438 e. The summed E-state index contributed by atoms with van der Waals surface area (Å²) in [6, 6.07) is 0. The fourth-order valence-electron chi connectivity index (χ4n) is 0.621. The molecule has 0 aromatic carbocycles. The average Bonchev–Trinajstić information content (AvgIpc) is 2.16. The van der Waals surface area contributed by atoms with Crippen LogP contribution in [-0.2, 0) is 18.3 Å². The van der Waals surface area contributed by atoms with E-state index in [1.54, 1.807) is 0 Å². The number of methoxy groups -OCH3 is 1. The van der Waals surface area contributed by atoms with Crippen LogP contribution in [0, 0.1) is 0 Å². The Bertz CT molecular complexity index is 203. The van der Waals surface area contributed by atoms with Gasteiger partial charge in [-0.05, 0) is 6.42 Å². The summed E-state index contributed by atoms with van der Waals surface area (Å²) in [7, 11) is -1.39. The maximum absolute atomic E-state index is 11.5. The number of unbranched alkanes of at least 4 members (excludes halogenated alkanes) is 1. The molecule has 78 valence electrons. The zero-order chi connectivity index (χ0) is 10.3. The second kappa shape index (κ2) is 6.13. The van der Waals surface area contributed by atoms with Crippen molar-refractivity contribution in [3.63, 3.8) is 0 Å². The van der Waals surface area contributed by atoms with Gasteiger partial charge >= 0.3 is 13.3 Å². The van der Waals surface area contributed by atoms with Crippen molar-refractivity contribution >= 4 is 13.3 Å². The van der Waals surface area contributed by atoms with Gasteiger partial charge in [-0.2, -0.15) is 0 Å². The molecule has 0 saturated carbocycles. The van der Waals surface area contributed by atoms with Gasteiger partial charge in [0.2, 0.25) is 0 Å². The molecular formula is C7H15O5P. The van der Waals surface area contributed by atoms with Gasteiger partial charge in [0.05, 0.1) is 13.7 Å². The van der Waals surface area contributed by atoms with Crippen LogP contribution >= 0.6 is 7.60 Å². The van der Waals surface area contributed by atoms with Crippen molar-refractivity contribution in [1.82, 2.24) is 0 Å². The third kappa shape index (κ3) is 3.89. The second-order valence-corrected chi connectivity index (χ2v) is 4.32. The third-order valence-corrected chi connectivity index (χ3v) is 3.03. The zero-order valence-electron chi connectivity index (χ0n) is 8.11. The van der Waals surface area contributed by atoms with E-state index in [4.69, 9.17) is 4.52 Å². The molecule has 0 fully saturated rings. The minimum Gasteiger partial charge on any atom is -0.460 e. The largest absolute Gasteiger partial charge is 0.460 e. The molecule has 0 N–H and O–H groups in total. The van der Waals surface area contributed by atoms with Gasteiger partial charge in [-0.25, -0.2) is 9.36 Å². The Labute approximate surface area is 77.9 Å². The predicted molar refractivity (Wildman–Crippen MR) is 47.9 cm³/mol. The normalized spacial score (nSPS) is 15.0. The highest BCUT2D eigenvalue weighted by molar-refractivity contribution is 7.71. The van der Waals surface area contributed by atoms with Crippen LogP contribution in [0.1, 0.15) is 19.8 Å². The molecule has 6 heteroatoms. The van der Waals surface area contributed by atoms with E-state index in [9.17, 15) is 9.36 Å².